The van der Waals surface area contributed by atoms with Gasteiger partial charge in [-0.2, -0.15) is 0 Å². The lowest BCUT2D eigenvalue weighted by Gasteiger charge is -2.16. The van der Waals surface area contributed by atoms with Crippen LogP contribution in [0.25, 0.3) is 0 Å². The molecule has 2 rings (SSSR count). The summed E-state index contributed by atoms with van der Waals surface area (Å²) >= 11 is 0. The summed E-state index contributed by atoms with van der Waals surface area (Å²) in [5, 5.41) is 9.88. The highest BCUT2D eigenvalue weighted by Gasteiger charge is 2.25. The highest BCUT2D eigenvalue weighted by atomic mass is 16.3. The predicted molar refractivity (Wildman–Crippen MR) is 51.8 cm³/mol. The molecule has 0 saturated heterocycles. The Bertz CT molecular complexity index is 249. The monoisotopic (exact) mass is 171 g/mol. The van der Waals surface area contributed by atoms with Crippen LogP contribution in [-0.2, 0) is 0 Å². The molecular formula is C12H11O. The molecule has 1 fully saturated rings. The first-order valence-electron chi connectivity index (χ1n) is 4.32. The molecule has 0 aliphatic heterocycles. The SMILES string of the molecule is OC([C]1[CH][CH][CH][CH]1)c1ccccc1. The van der Waals surface area contributed by atoms with Crippen molar-refractivity contribution in [3.05, 3.63) is 67.5 Å². The van der Waals surface area contributed by atoms with E-state index in [2.05, 4.69) is 0 Å². The molecule has 1 aliphatic carbocycles. The van der Waals surface area contributed by atoms with E-state index >= 15 is 0 Å². The molecule has 1 aliphatic rings. The Labute approximate surface area is 79.4 Å². The maximum atomic E-state index is 9.88. The molecule has 1 aromatic rings. The first-order valence-corrected chi connectivity index (χ1v) is 4.32. The summed E-state index contributed by atoms with van der Waals surface area (Å²) in [6.45, 7) is 0. The van der Waals surface area contributed by atoms with Crippen molar-refractivity contribution in [2.75, 3.05) is 0 Å². The molecule has 1 N–H and O–H groups in total. The van der Waals surface area contributed by atoms with E-state index in [-0.39, 0.29) is 0 Å². The first kappa shape index (κ1) is 8.76. The molecule has 65 valence electrons. The highest BCUT2D eigenvalue weighted by Crippen LogP contribution is 2.34. The van der Waals surface area contributed by atoms with Crippen LogP contribution in [0.15, 0.2) is 30.3 Å². The van der Waals surface area contributed by atoms with Gasteiger partial charge in [0.1, 0.15) is 0 Å². The number of rotatable bonds is 2. The molecule has 0 aromatic heterocycles. The van der Waals surface area contributed by atoms with Gasteiger partial charge in [-0.05, 0) is 31.2 Å². The third-order valence-corrected chi connectivity index (χ3v) is 2.12. The maximum Gasteiger partial charge on any atom is 0.0858 e. The second-order valence-electron chi connectivity index (χ2n) is 3.03. The minimum Gasteiger partial charge on any atom is -0.388 e. The minimum absolute atomic E-state index is 0.490. The Kier molecular flexibility index (Phi) is 2.65. The lowest BCUT2D eigenvalue weighted by atomic mass is 9.95. The van der Waals surface area contributed by atoms with Gasteiger partial charge in [0.2, 0.25) is 0 Å². The van der Waals surface area contributed by atoms with Gasteiger partial charge in [0.15, 0.2) is 0 Å². The summed E-state index contributed by atoms with van der Waals surface area (Å²) in [5.41, 5.74) is 0.939. The number of hydrogen-bond acceptors (Lipinski definition) is 1. The molecule has 5 radical (unpaired) electrons. The summed E-state index contributed by atoms with van der Waals surface area (Å²) in [4.78, 5) is 0. The third kappa shape index (κ3) is 1.92. The zero-order valence-corrected chi connectivity index (χ0v) is 7.22. The van der Waals surface area contributed by atoms with Crippen LogP contribution in [0.5, 0.6) is 0 Å². The second-order valence-corrected chi connectivity index (χ2v) is 3.03. The molecule has 1 unspecified atom stereocenters. The Hall–Kier alpha value is -0.820. The van der Waals surface area contributed by atoms with Crippen LogP contribution >= 0.6 is 0 Å². The van der Waals surface area contributed by atoms with Crippen LogP contribution in [0, 0.1) is 31.6 Å². The topological polar surface area (TPSA) is 20.2 Å². The fourth-order valence-electron chi connectivity index (χ4n) is 1.40. The van der Waals surface area contributed by atoms with Gasteiger partial charge in [0.25, 0.3) is 0 Å². The summed E-state index contributed by atoms with van der Waals surface area (Å²) in [6, 6.07) is 9.67. The van der Waals surface area contributed by atoms with Crippen LogP contribution < -0.4 is 0 Å². The van der Waals surface area contributed by atoms with Crippen LogP contribution in [-0.4, -0.2) is 5.11 Å². The molecule has 0 bridgehead atoms. The minimum atomic E-state index is -0.490. The van der Waals surface area contributed by atoms with E-state index in [0.717, 1.165) is 11.5 Å². The summed E-state index contributed by atoms with van der Waals surface area (Å²) < 4.78 is 0. The Morgan fingerprint density at radius 1 is 0.923 bits per heavy atom. The van der Waals surface area contributed by atoms with Crippen LogP contribution in [0.3, 0.4) is 0 Å². The lowest BCUT2D eigenvalue weighted by Crippen LogP contribution is -2.07. The van der Waals surface area contributed by atoms with Gasteiger partial charge in [-0.15, -0.1) is 0 Å². The Morgan fingerprint density at radius 3 is 2.15 bits per heavy atom. The molecule has 1 aromatic carbocycles. The third-order valence-electron chi connectivity index (χ3n) is 2.12. The van der Waals surface area contributed by atoms with Crippen molar-refractivity contribution in [2.24, 2.45) is 0 Å². The Morgan fingerprint density at radius 2 is 1.54 bits per heavy atom. The van der Waals surface area contributed by atoms with Crippen molar-refractivity contribution >= 4 is 0 Å². The average Bonchev–Trinajstić information content (AvgIpc) is 2.71. The van der Waals surface area contributed by atoms with E-state index < -0.39 is 6.10 Å². The molecule has 1 heteroatoms. The van der Waals surface area contributed by atoms with Gasteiger partial charge in [0, 0.05) is 5.92 Å². The smallest absolute Gasteiger partial charge is 0.0858 e. The van der Waals surface area contributed by atoms with Gasteiger partial charge in [0.05, 0.1) is 6.10 Å². The molecule has 1 saturated carbocycles. The van der Waals surface area contributed by atoms with Crippen molar-refractivity contribution in [1.82, 2.24) is 0 Å². The standard InChI is InChI=1S/C12H11O/c13-12(11-8-4-5-9-11)10-6-2-1-3-7-10/h1-9,12-13H. The fraction of sp³-hybridized carbons (Fsp3) is 0.0833. The van der Waals surface area contributed by atoms with Crippen molar-refractivity contribution in [3.8, 4) is 0 Å². The van der Waals surface area contributed by atoms with Gasteiger partial charge < -0.3 is 5.11 Å². The molecule has 0 heterocycles. The molecule has 13 heavy (non-hydrogen) atoms. The molecule has 0 amide bonds. The fourth-order valence-corrected chi connectivity index (χ4v) is 1.40. The van der Waals surface area contributed by atoms with E-state index in [0.29, 0.717) is 0 Å². The molecule has 1 nitrogen and oxygen atoms in total. The van der Waals surface area contributed by atoms with Crippen molar-refractivity contribution < 1.29 is 5.11 Å². The first-order chi connectivity index (χ1) is 6.38. The maximum absolute atomic E-state index is 9.88. The van der Waals surface area contributed by atoms with Gasteiger partial charge >= 0.3 is 0 Å². The summed E-state index contributed by atoms with van der Waals surface area (Å²) in [6.07, 6.45) is 7.23. The summed E-state index contributed by atoms with van der Waals surface area (Å²) in [7, 11) is 0. The van der Waals surface area contributed by atoms with E-state index in [9.17, 15) is 5.11 Å². The highest BCUT2D eigenvalue weighted by molar-refractivity contribution is 5.41. The predicted octanol–water partition coefficient (Wildman–Crippen LogP) is 2.13. The van der Waals surface area contributed by atoms with Crippen LogP contribution in [0.2, 0.25) is 0 Å². The number of aliphatic hydroxyl groups excluding tert-OH is 1. The summed E-state index contributed by atoms with van der Waals surface area (Å²) in [5.74, 6) is 0.950. The van der Waals surface area contributed by atoms with E-state index in [1.165, 1.54) is 0 Å². The van der Waals surface area contributed by atoms with Crippen molar-refractivity contribution in [1.29, 1.82) is 0 Å². The largest absolute Gasteiger partial charge is 0.388 e. The zero-order valence-electron chi connectivity index (χ0n) is 7.22. The quantitative estimate of drug-likeness (QED) is 0.722. The van der Waals surface area contributed by atoms with Crippen molar-refractivity contribution in [3.63, 3.8) is 0 Å². The van der Waals surface area contributed by atoms with Gasteiger partial charge in [-0.25, -0.2) is 0 Å². The number of benzene rings is 1. The molecule has 1 atom stereocenters. The molecule has 0 spiro atoms. The number of aliphatic hydroxyl groups is 1. The van der Waals surface area contributed by atoms with Crippen LogP contribution in [0.1, 0.15) is 11.7 Å². The van der Waals surface area contributed by atoms with E-state index in [4.69, 9.17) is 0 Å². The van der Waals surface area contributed by atoms with E-state index in [1.54, 1.807) is 0 Å². The lowest BCUT2D eigenvalue weighted by molar-refractivity contribution is 0.200. The second kappa shape index (κ2) is 3.93. The molecular weight excluding hydrogens is 160 g/mol. The number of hydrogen-bond donors (Lipinski definition) is 1. The van der Waals surface area contributed by atoms with E-state index in [1.807, 2.05) is 56.0 Å². The normalized spacial score (nSPS) is 20.4. The van der Waals surface area contributed by atoms with Crippen LogP contribution in [0.4, 0.5) is 0 Å². The zero-order chi connectivity index (χ0) is 9.10. The Balaban J connectivity index is 2.08. The average molecular weight is 171 g/mol. The van der Waals surface area contributed by atoms with Gasteiger partial charge in [-0.1, -0.05) is 30.3 Å². The van der Waals surface area contributed by atoms with Gasteiger partial charge in [-0.3, -0.25) is 0 Å². The van der Waals surface area contributed by atoms with Crippen molar-refractivity contribution in [2.45, 2.75) is 6.10 Å².